The lowest BCUT2D eigenvalue weighted by molar-refractivity contribution is -0.134. The van der Waals surface area contributed by atoms with Crippen molar-refractivity contribution in [3.8, 4) is 5.75 Å². The maximum atomic E-state index is 13.0. The molecule has 2 atom stereocenters. The molecule has 0 aliphatic heterocycles. The minimum absolute atomic E-state index is 0.120. The Bertz CT molecular complexity index is 644. The van der Waals surface area contributed by atoms with Crippen molar-refractivity contribution in [1.82, 2.24) is 9.62 Å². The minimum Gasteiger partial charge on any atom is -0.497 e. The van der Waals surface area contributed by atoms with Gasteiger partial charge in [-0.2, -0.15) is 0 Å². The number of carbonyl (C=O) groups is 1. The average molecular weight is 437 g/mol. The fraction of sp³-hybridized carbons (Fsp3) is 0.708. The Morgan fingerprint density at radius 3 is 2.33 bits per heavy atom. The van der Waals surface area contributed by atoms with Crippen LogP contribution in [0, 0.1) is 11.3 Å². The molecule has 1 aromatic rings. The number of nitrogens with zero attached hydrogens (tertiary/aromatic N) is 1. The summed E-state index contributed by atoms with van der Waals surface area (Å²) in [6, 6.07) is 7.67. The number of methoxy groups -OCH3 is 1. The highest BCUT2D eigenvalue weighted by Gasteiger charge is 2.38. The zero-order valence-corrected chi connectivity index (χ0v) is 20.1. The quantitative estimate of drug-likeness (QED) is 0.484. The molecule has 6 heteroatoms. The smallest absolute Gasteiger partial charge is 0.226 e. The van der Waals surface area contributed by atoms with E-state index in [9.17, 15) is 9.90 Å². The van der Waals surface area contributed by atoms with Crippen molar-refractivity contribution in [1.29, 1.82) is 0 Å². The number of benzene rings is 1. The topological polar surface area (TPSA) is 61.8 Å². The summed E-state index contributed by atoms with van der Waals surface area (Å²) < 4.78 is 7.43. The lowest BCUT2D eigenvalue weighted by Gasteiger charge is -2.37. The molecule has 2 N–H and O–H groups in total. The molecule has 0 radical (unpaired) electrons. The van der Waals surface area contributed by atoms with Crippen LogP contribution in [-0.4, -0.2) is 47.7 Å². The van der Waals surface area contributed by atoms with Crippen LogP contribution < -0.4 is 10.1 Å². The molecule has 1 aromatic carbocycles. The van der Waals surface area contributed by atoms with Crippen LogP contribution in [0.5, 0.6) is 5.75 Å². The molecule has 30 heavy (non-hydrogen) atoms. The molecular formula is C24H40N2O3S. The number of hydrogen-bond donors (Lipinski definition) is 2. The van der Waals surface area contributed by atoms with Gasteiger partial charge in [-0.3, -0.25) is 4.79 Å². The van der Waals surface area contributed by atoms with E-state index in [0.717, 1.165) is 49.3 Å². The molecule has 0 heterocycles. The molecule has 2 rings (SSSR count). The molecule has 1 amide bonds. The number of ether oxygens (including phenoxy) is 1. The summed E-state index contributed by atoms with van der Waals surface area (Å²) >= 11 is 1.64. The van der Waals surface area contributed by atoms with Gasteiger partial charge in [0.1, 0.15) is 5.75 Å². The Morgan fingerprint density at radius 2 is 1.80 bits per heavy atom. The second kappa shape index (κ2) is 12.0. The van der Waals surface area contributed by atoms with Crippen molar-refractivity contribution in [3.05, 3.63) is 24.3 Å². The highest BCUT2D eigenvalue weighted by molar-refractivity contribution is 7.97. The van der Waals surface area contributed by atoms with E-state index in [1.54, 1.807) is 19.1 Å². The summed E-state index contributed by atoms with van der Waals surface area (Å²) in [5.74, 6) is 1.42. The minimum atomic E-state index is -0.629. The van der Waals surface area contributed by atoms with Gasteiger partial charge in [0.15, 0.2) is 0 Å². The third-order valence-electron chi connectivity index (χ3n) is 6.16. The van der Waals surface area contributed by atoms with Crippen molar-refractivity contribution >= 4 is 17.9 Å². The van der Waals surface area contributed by atoms with Crippen molar-refractivity contribution < 1.29 is 14.6 Å². The maximum absolute atomic E-state index is 13.0. The van der Waals surface area contributed by atoms with Gasteiger partial charge in [0, 0.05) is 23.4 Å². The molecule has 1 fully saturated rings. The first-order valence-corrected chi connectivity index (χ1v) is 12.1. The lowest BCUT2D eigenvalue weighted by atomic mass is 9.71. The summed E-state index contributed by atoms with van der Waals surface area (Å²) in [5.41, 5.74) is -0.248. The number of nitrogens with one attached hydrogen (secondary N) is 1. The van der Waals surface area contributed by atoms with Gasteiger partial charge < -0.3 is 15.2 Å². The molecular weight excluding hydrogens is 396 g/mol. The molecule has 0 spiro atoms. The molecule has 0 saturated heterocycles. The number of rotatable bonds is 11. The van der Waals surface area contributed by atoms with Gasteiger partial charge in [0.2, 0.25) is 5.91 Å². The van der Waals surface area contributed by atoms with Gasteiger partial charge in [-0.1, -0.05) is 40.0 Å². The molecule has 1 aliphatic rings. The van der Waals surface area contributed by atoms with Crippen LogP contribution in [0.25, 0.3) is 0 Å². The standard InChI is InChI=1S/C24H40N2O3S/c1-6-24(14-8-7-9-15-24)23(28)25-19(4)22(27)17-26(16-18(2)3)30-21-12-10-20(29-5)11-13-21/h10-13,18-19,22,27H,6-9,14-17H2,1-5H3,(H,25,28)/t19-,22+/m0/s1. The van der Waals surface area contributed by atoms with E-state index in [2.05, 4.69) is 30.4 Å². The fourth-order valence-electron chi connectivity index (χ4n) is 4.13. The van der Waals surface area contributed by atoms with E-state index in [0.29, 0.717) is 12.5 Å². The second-order valence-electron chi connectivity index (χ2n) is 9.03. The number of aliphatic hydroxyl groups excluding tert-OH is 1. The van der Waals surface area contributed by atoms with Crippen LogP contribution in [0.1, 0.15) is 66.2 Å². The van der Waals surface area contributed by atoms with Gasteiger partial charge >= 0.3 is 0 Å². The Labute approximate surface area is 187 Å². The summed E-state index contributed by atoms with van der Waals surface area (Å²) in [5, 5.41) is 14.0. The largest absolute Gasteiger partial charge is 0.497 e. The molecule has 0 bridgehead atoms. The van der Waals surface area contributed by atoms with E-state index in [1.807, 2.05) is 31.2 Å². The van der Waals surface area contributed by atoms with E-state index < -0.39 is 6.10 Å². The highest BCUT2D eigenvalue weighted by Crippen LogP contribution is 2.39. The van der Waals surface area contributed by atoms with E-state index >= 15 is 0 Å². The highest BCUT2D eigenvalue weighted by atomic mass is 32.2. The predicted octanol–water partition coefficient (Wildman–Crippen LogP) is 4.89. The first-order valence-electron chi connectivity index (χ1n) is 11.4. The Kier molecular flexibility index (Phi) is 9.98. The van der Waals surface area contributed by atoms with Crippen LogP contribution in [0.4, 0.5) is 0 Å². The predicted molar refractivity (Wildman–Crippen MR) is 125 cm³/mol. The van der Waals surface area contributed by atoms with E-state index in [4.69, 9.17) is 4.74 Å². The second-order valence-corrected chi connectivity index (χ2v) is 10.2. The summed E-state index contributed by atoms with van der Waals surface area (Å²) in [6.07, 6.45) is 5.64. The van der Waals surface area contributed by atoms with Crippen LogP contribution in [-0.2, 0) is 4.79 Å². The normalized spacial score (nSPS) is 18.3. The third-order valence-corrected chi connectivity index (χ3v) is 7.20. The monoisotopic (exact) mass is 436 g/mol. The van der Waals surface area contributed by atoms with Gasteiger partial charge in [0.25, 0.3) is 0 Å². The van der Waals surface area contributed by atoms with E-state index in [1.165, 1.54) is 6.42 Å². The van der Waals surface area contributed by atoms with Crippen LogP contribution >= 0.6 is 11.9 Å². The van der Waals surface area contributed by atoms with E-state index in [-0.39, 0.29) is 17.4 Å². The van der Waals surface area contributed by atoms with Gasteiger partial charge in [-0.15, -0.1) is 0 Å². The first kappa shape index (κ1) is 25.0. The molecule has 1 saturated carbocycles. The van der Waals surface area contributed by atoms with Gasteiger partial charge in [0.05, 0.1) is 19.3 Å². The van der Waals surface area contributed by atoms with Crippen molar-refractivity contribution in [2.24, 2.45) is 11.3 Å². The van der Waals surface area contributed by atoms with Gasteiger partial charge in [-0.05, 0) is 68.3 Å². The zero-order chi connectivity index (χ0) is 22.1. The SMILES string of the molecule is CCC1(C(=O)N[C@@H](C)[C@H](O)CN(CC(C)C)Sc2ccc(OC)cc2)CCCCC1. The first-order chi connectivity index (χ1) is 14.3. The van der Waals surface area contributed by atoms with Crippen LogP contribution in [0.2, 0.25) is 0 Å². The average Bonchev–Trinajstić information content (AvgIpc) is 2.74. The third kappa shape index (κ3) is 7.17. The number of hydrogen-bond acceptors (Lipinski definition) is 5. The Balaban J connectivity index is 1.97. The van der Waals surface area contributed by atoms with Crippen LogP contribution in [0.15, 0.2) is 29.2 Å². The number of amides is 1. The molecule has 0 unspecified atom stereocenters. The maximum Gasteiger partial charge on any atom is 0.226 e. The molecule has 5 nitrogen and oxygen atoms in total. The summed E-state index contributed by atoms with van der Waals surface area (Å²) in [7, 11) is 1.66. The fourth-order valence-corrected chi connectivity index (χ4v) is 5.29. The summed E-state index contributed by atoms with van der Waals surface area (Å²) in [6.45, 7) is 9.73. The summed E-state index contributed by atoms with van der Waals surface area (Å²) in [4.78, 5) is 14.1. The van der Waals surface area contributed by atoms with Gasteiger partial charge in [-0.25, -0.2) is 4.31 Å². The van der Waals surface area contributed by atoms with Crippen molar-refractivity contribution in [2.75, 3.05) is 20.2 Å². The van der Waals surface area contributed by atoms with Crippen LogP contribution in [0.3, 0.4) is 0 Å². The molecule has 170 valence electrons. The Hall–Kier alpha value is -1.24. The van der Waals surface area contributed by atoms with Crippen molar-refractivity contribution in [2.45, 2.75) is 83.3 Å². The Morgan fingerprint density at radius 1 is 1.17 bits per heavy atom. The zero-order valence-electron chi connectivity index (χ0n) is 19.3. The van der Waals surface area contributed by atoms with Crippen molar-refractivity contribution in [3.63, 3.8) is 0 Å². The number of carbonyl (C=O) groups excluding carboxylic acids is 1. The molecule has 0 aromatic heterocycles. The molecule has 1 aliphatic carbocycles. The lowest BCUT2D eigenvalue weighted by Crippen LogP contribution is -2.51. The number of aliphatic hydroxyl groups is 1.